The Labute approximate surface area is 162 Å². The minimum atomic E-state index is -0.696. The first-order valence-corrected chi connectivity index (χ1v) is 8.62. The highest BCUT2D eigenvalue weighted by Crippen LogP contribution is 2.13. The first kappa shape index (κ1) is 20.6. The molecule has 0 radical (unpaired) electrons. The van der Waals surface area contributed by atoms with Crippen LogP contribution in [0.5, 0.6) is 0 Å². The summed E-state index contributed by atoms with van der Waals surface area (Å²) in [5.74, 6) is -1.75. The lowest BCUT2D eigenvalue weighted by atomic mass is 10.2. The van der Waals surface area contributed by atoms with Crippen LogP contribution in [-0.2, 0) is 14.3 Å². The average molecular weight is 383 g/mol. The third-order valence-corrected chi connectivity index (χ3v) is 3.50. The van der Waals surface area contributed by atoms with E-state index in [1.165, 1.54) is 25.1 Å². The van der Waals surface area contributed by atoms with Crippen LogP contribution in [0, 0.1) is 0 Å². The van der Waals surface area contributed by atoms with E-state index in [1.807, 2.05) is 6.92 Å². The third kappa shape index (κ3) is 6.24. The maximum Gasteiger partial charge on any atom is 0.338 e. The normalized spacial score (nSPS) is 9.93. The van der Waals surface area contributed by atoms with E-state index in [9.17, 15) is 19.2 Å². The first-order valence-electron chi connectivity index (χ1n) is 8.62. The smallest absolute Gasteiger partial charge is 0.338 e. The molecule has 28 heavy (non-hydrogen) atoms. The van der Waals surface area contributed by atoms with Crippen molar-refractivity contribution in [3.05, 3.63) is 59.7 Å². The fourth-order valence-corrected chi connectivity index (χ4v) is 2.34. The van der Waals surface area contributed by atoms with Gasteiger partial charge < -0.3 is 20.7 Å². The molecule has 0 fully saturated rings. The topological polar surface area (TPSA) is 114 Å². The molecule has 146 valence electrons. The summed E-state index contributed by atoms with van der Waals surface area (Å²) >= 11 is 0. The van der Waals surface area contributed by atoms with E-state index in [0.29, 0.717) is 23.5 Å². The van der Waals surface area contributed by atoms with E-state index < -0.39 is 18.5 Å². The number of amides is 3. The number of benzene rings is 2. The lowest BCUT2D eigenvalue weighted by Gasteiger charge is -2.09. The van der Waals surface area contributed by atoms with Gasteiger partial charge in [-0.3, -0.25) is 14.4 Å². The van der Waals surface area contributed by atoms with Crippen LogP contribution < -0.4 is 16.0 Å². The van der Waals surface area contributed by atoms with Gasteiger partial charge in [-0.25, -0.2) is 4.79 Å². The Morgan fingerprint density at radius 3 is 2.14 bits per heavy atom. The molecule has 2 aromatic carbocycles. The lowest BCUT2D eigenvalue weighted by molar-refractivity contribution is -0.119. The number of anilines is 2. The van der Waals surface area contributed by atoms with E-state index >= 15 is 0 Å². The second-order valence-electron chi connectivity index (χ2n) is 5.83. The minimum Gasteiger partial charge on any atom is -0.452 e. The minimum absolute atomic E-state index is 0.206. The van der Waals surface area contributed by atoms with Crippen LogP contribution in [0.4, 0.5) is 11.4 Å². The van der Waals surface area contributed by atoms with Gasteiger partial charge in [0.1, 0.15) is 0 Å². The van der Waals surface area contributed by atoms with Gasteiger partial charge in [0.15, 0.2) is 6.61 Å². The summed E-state index contributed by atoms with van der Waals surface area (Å²) in [7, 11) is 0. The van der Waals surface area contributed by atoms with Crippen LogP contribution in [0.3, 0.4) is 0 Å². The summed E-state index contributed by atoms with van der Waals surface area (Å²) < 4.78 is 5.00. The highest BCUT2D eigenvalue weighted by Gasteiger charge is 2.12. The fraction of sp³-hybridized carbons (Fsp3) is 0.200. The molecule has 2 rings (SSSR count). The van der Waals surface area contributed by atoms with Gasteiger partial charge in [-0.1, -0.05) is 12.1 Å². The monoisotopic (exact) mass is 383 g/mol. The van der Waals surface area contributed by atoms with Crippen LogP contribution in [0.15, 0.2) is 48.5 Å². The molecule has 8 heteroatoms. The van der Waals surface area contributed by atoms with Crippen molar-refractivity contribution in [2.24, 2.45) is 0 Å². The van der Waals surface area contributed by atoms with Gasteiger partial charge in [0.2, 0.25) is 5.91 Å². The number of carbonyl (C=O) groups is 4. The van der Waals surface area contributed by atoms with Crippen LogP contribution >= 0.6 is 0 Å². The molecule has 0 bridgehead atoms. The predicted octanol–water partition coefficient (Wildman–Crippen LogP) is 2.19. The van der Waals surface area contributed by atoms with Crippen molar-refractivity contribution in [3.8, 4) is 0 Å². The quantitative estimate of drug-likeness (QED) is 0.634. The molecule has 0 aromatic heterocycles. The summed E-state index contributed by atoms with van der Waals surface area (Å²) in [6, 6.07) is 12.6. The van der Waals surface area contributed by atoms with Crippen molar-refractivity contribution < 1.29 is 23.9 Å². The number of hydrogen-bond donors (Lipinski definition) is 3. The van der Waals surface area contributed by atoms with Crippen molar-refractivity contribution in [2.75, 3.05) is 23.8 Å². The molecule has 3 amide bonds. The van der Waals surface area contributed by atoms with Crippen molar-refractivity contribution in [1.82, 2.24) is 5.32 Å². The summed E-state index contributed by atoms with van der Waals surface area (Å²) in [4.78, 5) is 47.0. The number of esters is 1. The molecule has 0 heterocycles. The van der Waals surface area contributed by atoms with Gasteiger partial charge in [0.05, 0.1) is 5.56 Å². The third-order valence-electron chi connectivity index (χ3n) is 3.50. The summed E-state index contributed by atoms with van der Waals surface area (Å²) in [5.41, 5.74) is 1.48. The maximum atomic E-state index is 12.1. The van der Waals surface area contributed by atoms with Gasteiger partial charge >= 0.3 is 5.97 Å². The molecule has 0 spiro atoms. The van der Waals surface area contributed by atoms with Crippen molar-refractivity contribution in [3.63, 3.8) is 0 Å². The largest absolute Gasteiger partial charge is 0.452 e. The average Bonchev–Trinajstić information content (AvgIpc) is 2.66. The van der Waals surface area contributed by atoms with E-state index in [4.69, 9.17) is 4.74 Å². The Morgan fingerprint density at radius 1 is 0.893 bits per heavy atom. The molecule has 0 aliphatic carbocycles. The van der Waals surface area contributed by atoms with Crippen molar-refractivity contribution >= 4 is 35.1 Å². The van der Waals surface area contributed by atoms with Gasteiger partial charge in [-0.05, 0) is 43.3 Å². The Hall–Kier alpha value is -3.68. The van der Waals surface area contributed by atoms with Crippen molar-refractivity contribution in [1.29, 1.82) is 0 Å². The summed E-state index contributed by atoms with van der Waals surface area (Å²) in [6.07, 6.45) is 0. The number of rotatable bonds is 7. The number of hydrogen-bond acceptors (Lipinski definition) is 5. The lowest BCUT2D eigenvalue weighted by Crippen LogP contribution is -2.23. The summed E-state index contributed by atoms with van der Waals surface area (Å²) in [5, 5.41) is 7.80. The number of carbonyl (C=O) groups excluding carboxylic acids is 4. The molecule has 0 saturated carbocycles. The van der Waals surface area contributed by atoms with Gasteiger partial charge in [0.25, 0.3) is 11.8 Å². The SMILES string of the molecule is CCNC(=O)c1cccc(NC(=O)COC(=O)c2cccc(NC(C)=O)c2)c1. The molecule has 8 nitrogen and oxygen atoms in total. The first-order chi connectivity index (χ1) is 13.4. The Morgan fingerprint density at radius 2 is 1.50 bits per heavy atom. The van der Waals surface area contributed by atoms with E-state index in [-0.39, 0.29) is 17.4 Å². The fourth-order valence-electron chi connectivity index (χ4n) is 2.34. The Bertz CT molecular complexity index is 895. The van der Waals surface area contributed by atoms with Gasteiger partial charge in [0, 0.05) is 30.4 Å². The molecule has 0 saturated heterocycles. The Balaban J connectivity index is 1.92. The molecule has 0 aliphatic heterocycles. The number of nitrogens with one attached hydrogen (secondary N) is 3. The Kier molecular flexibility index (Phi) is 7.27. The molecule has 3 N–H and O–H groups in total. The molecular formula is C20H21N3O5. The zero-order chi connectivity index (χ0) is 20.5. The highest BCUT2D eigenvalue weighted by atomic mass is 16.5. The molecule has 0 unspecified atom stereocenters. The van der Waals surface area contributed by atoms with E-state index in [0.717, 1.165) is 0 Å². The number of ether oxygens (including phenoxy) is 1. The second kappa shape index (κ2) is 9.86. The van der Waals surface area contributed by atoms with Crippen molar-refractivity contribution in [2.45, 2.75) is 13.8 Å². The summed E-state index contributed by atoms with van der Waals surface area (Å²) in [6.45, 7) is 3.17. The van der Waals surface area contributed by atoms with Crippen LogP contribution in [0.2, 0.25) is 0 Å². The molecule has 2 aromatic rings. The standard InChI is InChI=1S/C20H21N3O5/c1-3-21-19(26)14-6-4-9-17(10-14)23-18(25)12-28-20(27)15-7-5-8-16(11-15)22-13(2)24/h4-11H,3,12H2,1-2H3,(H,21,26)(H,22,24)(H,23,25). The van der Waals surface area contributed by atoms with Crippen LogP contribution in [0.25, 0.3) is 0 Å². The zero-order valence-corrected chi connectivity index (χ0v) is 15.6. The highest BCUT2D eigenvalue weighted by molar-refractivity contribution is 5.99. The molecule has 0 atom stereocenters. The zero-order valence-electron chi connectivity index (χ0n) is 15.6. The van der Waals surface area contributed by atoms with E-state index in [2.05, 4.69) is 16.0 Å². The van der Waals surface area contributed by atoms with Crippen LogP contribution in [0.1, 0.15) is 34.6 Å². The maximum absolute atomic E-state index is 12.1. The van der Waals surface area contributed by atoms with Gasteiger partial charge in [-0.2, -0.15) is 0 Å². The predicted molar refractivity (Wildman–Crippen MR) is 104 cm³/mol. The van der Waals surface area contributed by atoms with E-state index in [1.54, 1.807) is 30.3 Å². The van der Waals surface area contributed by atoms with Gasteiger partial charge in [-0.15, -0.1) is 0 Å². The van der Waals surface area contributed by atoms with Crippen LogP contribution in [-0.4, -0.2) is 36.8 Å². The molecule has 0 aliphatic rings. The molecular weight excluding hydrogens is 362 g/mol. The second-order valence-corrected chi connectivity index (χ2v) is 5.83.